The van der Waals surface area contributed by atoms with Crippen molar-refractivity contribution in [1.29, 1.82) is 0 Å². The number of methoxy groups -OCH3 is 1. The number of anilines is 2. The number of aliphatic hydroxyl groups is 1. The highest BCUT2D eigenvalue weighted by Crippen LogP contribution is 2.29. The summed E-state index contributed by atoms with van der Waals surface area (Å²) in [6.45, 7) is 1.87. The Labute approximate surface area is 166 Å². The van der Waals surface area contributed by atoms with Crippen LogP contribution in [0.2, 0.25) is 0 Å². The Morgan fingerprint density at radius 2 is 1.96 bits per heavy atom. The van der Waals surface area contributed by atoms with Gasteiger partial charge in [-0.25, -0.2) is 4.98 Å². The zero-order chi connectivity index (χ0) is 20.1. The van der Waals surface area contributed by atoms with Gasteiger partial charge in [-0.15, -0.1) is 0 Å². The molecule has 0 saturated heterocycles. The third-order valence-corrected chi connectivity index (χ3v) is 5.94. The zero-order valence-electron chi connectivity index (χ0n) is 16.9. The van der Waals surface area contributed by atoms with Crippen LogP contribution in [0.3, 0.4) is 0 Å². The highest BCUT2D eigenvalue weighted by Gasteiger charge is 2.29. The Kier molecular flexibility index (Phi) is 6.72. The lowest BCUT2D eigenvalue weighted by Crippen LogP contribution is -2.33. The van der Waals surface area contributed by atoms with Crippen LogP contribution in [0.15, 0.2) is 6.20 Å². The van der Waals surface area contributed by atoms with E-state index in [1.54, 1.807) is 7.11 Å². The van der Waals surface area contributed by atoms with E-state index in [0.717, 1.165) is 51.4 Å². The maximum absolute atomic E-state index is 11.8. The first-order valence-electron chi connectivity index (χ1n) is 10.3. The summed E-state index contributed by atoms with van der Waals surface area (Å²) in [5, 5.41) is 17.2. The molecule has 2 aliphatic rings. The Hall–Kier alpha value is -1.93. The molecule has 2 atom stereocenters. The van der Waals surface area contributed by atoms with Crippen LogP contribution in [0.25, 0.3) is 0 Å². The Balaban J connectivity index is 1.71. The second-order valence-electron chi connectivity index (χ2n) is 8.46. The average Bonchev–Trinajstić information content (AvgIpc) is 2.82. The molecule has 0 aromatic carbocycles. The van der Waals surface area contributed by atoms with Crippen molar-refractivity contribution in [1.82, 2.24) is 9.97 Å². The van der Waals surface area contributed by atoms with Crippen LogP contribution in [0.5, 0.6) is 0 Å². The van der Waals surface area contributed by atoms with Crippen molar-refractivity contribution >= 4 is 17.7 Å². The highest BCUT2D eigenvalue weighted by atomic mass is 16.5. The minimum atomic E-state index is -0.713. The van der Waals surface area contributed by atoms with Gasteiger partial charge >= 0.3 is 0 Å². The lowest BCUT2D eigenvalue weighted by molar-refractivity contribution is 0.0420. The van der Waals surface area contributed by atoms with Crippen LogP contribution in [0.4, 0.5) is 11.8 Å². The topological polar surface area (TPSA) is 122 Å². The molecule has 8 heteroatoms. The molecule has 1 amide bonds. The minimum absolute atomic E-state index is 0.0375. The molecule has 156 valence electrons. The molecule has 1 aromatic rings. The summed E-state index contributed by atoms with van der Waals surface area (Å²) in [7, 11) is 1.76. The largest absolute Gasteiger partial charge is 0.390 e. The third kappa shape index (κ3) is 5.54. The van der Waals surface area contributed by atoms with E-state index in [2.05, 4.69) is 20.6 Å². The quantitative estimate of drug-likeness (QED) is 0.549. The van der Waals surface area contributed by atoms with E-state index in [0.29, 0.717) is 24.3 Å². The summed E-state index contributed by atoms with van der Waals surface area (Å²) >= 11 is 0. The van der Waals surface area contributed by atoms with Crippen molar-refractivity contribution in [2.24, 2.45) is 5.73 Å². The fourth-order valence-corrected chi connectivity index (χ4v) is 4.32. The van der Waals surface area contributed by atoms with Gasteiger partial charge in [0, 0.05) is 25.4 Å². The van der Waals surface area contributed by atoms with Crippen molar-refractivity contribution in [3.63, 3.8) is 0 Å². The van der Waals surface area contributed by atoms with Gasteiger partial charge in [0.2, 0.25) is 5.95 Å². The van der Waals surface area contributed by atoms with E-state index in [9.17, 15) is 9.90 Å². The first-order chi connectivity index (χ1) is 13.4. The molecule has 5 N–H and O–H groups in total. The number of carbonyl (C=O) groups excluding carboxylic acids is 1. The number of ether oxygens (including phenoxy) is 1. The molecule has 2 saturated carbocycles. The standard InChI is InChI=1S/C20H33N5O3/c1-20(27)10-4-3-5-14(11-20)23-18-16(17(21)26)12-22-19(25-18)24-13-6-8-15(28-2)9-7-13/h12-15,27H,3-11H2,1-2H3,(H2,21,26)(H2,22,23,24,25)/t13?,14-,15?,20+/m1/s1. The second kappa shape index (κ2) is 9.05. The number of rotatable bonds is 6. The fraction of sp³-hybridized carbons (Fsp3) is 0.750. The monoisotopic (exact) mass is 391 g/mol. The van der Waals surface area contributed by atoms with Crippen molar-refractivity contribution in [3.8, 4) is 0 Å². The van der Waals surface area contributed by atoms with E-state index in [1.165, 1.54) is 6.20 Å². The average molecular weight is 392 g/mol. The van der Waals surface area contributed by atoms with Gasteiger partial charge in [0.15, 0.2) is 0 Å². The predicted molar refractivity (Wildman–Crippen MR) is 108 cm³/mol. The van der Waals surface area contributed by atoms with Gasteiger partial charge in [0.1, 0.15) is 5.82 Å². The molecule has 28 heavy (non-hydrogen) atoms. The molecule has 0 aliphatic heterocycles. The number of amides is 1. The molecule has 8 nitrogen and oxygen atoms in total. The summed E-state index contributed by atoms with van der Waals surface area (Å²) in [6.07, 6.45) is 10.2. The second-order valence-corrected chi connectivity index (χ2v) is 8.46. The lowest BCUT2D eigenvalue weighted by atomic mass is 9.93. The molecule has 0 bridgehead atoms. The van der Waals surface area contributed by atoms with Crippen molar-refractivity contribution < 1.29 is 14.6 Å². The smallest absolute Gasteiger partial charge is 0.254 e. The van der Waals surface area contributed by atoms with E-state index in [4.69, 9.17) is 10.5 Å². The number of hydrogen-bond acceptors (Lipinski definition) is 7. The third-order valence-electron chi connectivity index (χ3n) is 5.94. The fourth-order valence-electron chi connectivity index (χ4n) is 4.32. The molecule has 0 unspecified atom stereocenters. The van der Waals surface area contributed by atoms with E-state index >= 15 is 0 Å². The molecular formula is C20H33N5O3. The maximum atomic E-state index is 11.8. The van der Waals surface area contributed by atoms with Gasteiger partial charge < -0.3 is 26.2 Å². The maximum Gasteiger partial charge on any atom is 0.254 e. The molecular weight excluding hydrogens is 358 g/mol. The number of nitrogens with one attached hydrogen (secondary N) is 2. The van der Waals surface area contributed by atoms with Gasteiger partial charge in [-0.05, 0) is 51.9 Å². The van der Waals surface area contributed by atoms with Gasteiger partial charge in [0.25, 0.3) is 5.91 Å². The molecule has 2 aliphatic carbocycles. The van der Waals surface area contributed by atoms with Crippen LogP contribution >= 0.6 is 0 Å². The summed E-state index contributed by atoms with van der Waals surface area (Å²) in [4.78, 5) is 20.7. The minimum Gasteiger partial charge on any atom is -0.390 e. The van der Waals surface area contributed by atoms with Gasteiger partial charge in [0.05, 0.1) is 17.3 Å². The van der Waals surface area contributed by atoms with Crippen LogP contribution in [0.1, 0.15) is 75.1 Å². The van der Waals surface area contributed by atoms with Crippen LogP contribution in [-0.4, -0.2) is 51.9 Å². The first kappa shape index (κ1) is 20.8. The zero-order valence-corrected chi connectivity index (χ0v) is 16.9. The normalized spacial score (nSPS) is 31.0. The molecule has 0 radical (unpaired) electrons. The SMILES string of the molecule is COC1CCC(Nc2ncc(C(N)=O)c(N[C@@H]3CCCC[C@](C)(O)C3)n2)CC1. The summed E-state index contributed by atoms with van der Waals surface area (Å²) < 4.78 is 5.42. The number of nitrogens with zero attached hydrogens (tertiary/aromatic N) is 2. The van der Waals surface area contributed by atoms with Gasteiger partial charge in [-0.3, -0.25) is 4.79 Å². The first-order valence-corrected chi connectivity index (χ1v) is 10.3. The van der Waals surface area contributed by atoms with E-state index < -0.39 is 11.5 Å². The van der Waals surface area contributed by atoms with Gasteiger partial charge in [-0.2, -0.15) is 4.98 Å². The lowest BCUT2D eigenvalue weighted by Gasteiger charge is -2.29. The number of nitrogens with two attached hydrogens (primary N) is 1. The Morgan fingerprint density at radius 1 is 1.21 bits per heavy atom. The number of primary amides is 1. The van der Waals surface area contributed by atoms with Crippen LogP contribution in [0, 0.1) is 0 Å². The van der Waals surface area contributed by atoms with E-state index in [-0.39, 0.29) is 17.6 Å². The Morgan fingerprint density at radius 3 is 2.64 bits per heavy atom. The van der Waals surface area contributed by atoms with E-state index in [1.807, 2.05) is 6.92 Å². The predicted octanol–water partition coefficient (Wildman–Crippen LogP) is 2.44. The van der Waals surface area contributed by atoms with Crippen LogP contribution < -0.4 is 16.4 Å². The molecule has 1 heterocycles. The summed E-state index contributed by atoms with van der Waals surface area (Å²) in [5.41, 5.74) is 5.09. The number of hydrogen-bond donors (Lipinski definition) is 4. The number of carbonyl (C=O) groups is 1. The highest BCUT2D eigenvalue weighted by molar-refractivity contribution is 5.97. The molecule has 1 aromatic heterocycles. The number of aromatic nitrogens is 2. The summed E-state index contributed by atoms with van der Waals surface area (Å²) in [6, 6.07) is 0.327. The van der Waals surface area contributed by atoms with Gasteiger partial charge in [-0.1, -0.05) is 12.8 Å². The Bertz CT molecular complexity index is 674. The van der Waals surface area contributed by atoms with Crippen molar-refractivity contribution in [2.75, 3.05) is 17.7 Å². The summed E-state index contributed by atoms with van der Waals surface area (Å²) in [5.74, 6) is 0.377. The van der Waals surface area contributed by atoms with Crippen molar-refractivity contribution in [2.45, 2.75) is 88.5 Å². The molecule has 2 fully saturated rings. The van der Waals surface area contributed by atoms with Crippen LogP contribution in [-0.2, 0) is 4.74 Å². The molecule has 0 spiro atoms. The van der Waals surface area contributed by atoms with Crippen molar-refractivity contribution in [3.05, 3.63) is 11.8 Å². The molecule has 3 rings (SSSR count).